The molecule has 0 bridgehead atoms. The first kappa shape index (κ1) is 11.4. The van der Waals surface area contributed by atoms with Crippen LogP contribution in [0.2, 0.25) is 0 Å². The van der Waals surface area contributed by atoms with E-state index in [-0.39, 0.29) is 5.56 Å². The van der Waals surface area contributed by atoms with Gasteiger partial charge in [0.05, 0.1) is 16.9 Å². The molecule has 0 saturated carbocycles. The first-order chi connectivity index (χ1) is 9.24. The van der Waals surface area contributed by atoms with Gasteiger partial charge in [-0.15, -0.1) is 0 Å². The SMILES string of the molecule is Cc1cc(-c2cccc(-n3cccn3)c2)c(=O)[nH]n1. The summed E-state index contributed by atoms with van der Waals surface area (Å²) in [5, 5.41) is 10.6. The van der Waals surface area contributed by atoms with Crippen LogP contribution in [0.4, 0.5) is 0 Å². The van der Waals surface area contributed by atoms with Crippen LogP contribution in [0, 0.1) is 6.92 Å². The molecule has 2 heterocycles. The van der Waals surface area contributed by atoms with Crippen LogP contribution in [0.1, 0.15) is 5.69 Å². The third kappa shape index (κ3) is 2.18. The highest BCUT2D eigenvalue weighted by Crippen LogP contribution is 2.18. The highest BCUT2D eigenvalue weighted by molar-refractivity contribution is 5.65. The van der Waals surface area contributed by atoms with Gasteiger partial charge in [0.15, 0.2) is 0 Å². The fourth-order valence-electron chi connectivity index (χ4n) is 1.96. The number of aryl methyl sites for hydroxylation is 1. The van der Waals surface area contributed by atoms with E-state index >= 15 is 0 Å². The number of nitrogens with one attached hydrogen (secondary N) is 1. The van der Waals surface area contributed by atoms with Crippen LogP contribution < -0.4 is 5.56 Å². The third-order valence-corrected chi connectivity index (χ3v) is 2.86. The first-order valence-corrected chi connectivity index (χ1v) is 5.91. The number of aromatic amines is 1. The van der Waals surface area contributed by atoms with Gasteiger partial charge in [0.2, 0.25) is 0 Å². The van der Waals surface area contributed by atoms with E-state index in [4.69, 9.17) is 0 Å². The molecule has 2 aromatic heterocycles. The zero-order valence-corrected chi connectivity index (χ0v) is 10.4. The summed E-state index contributed by atoms with van der Waals surface area (Å²) in [5.74, 6) is 0. The molecule has 3 rings (SSSR count). The Morgan fingerprint density at radius 2 is 2.11 bits per heavy atom. The van der Waals surface area contributed by atoms with Gasteiger partial charge in [0.1, 0.15) is 0 Å². The molecule has 3 aromatic rings. The summed E-state index contributed by atoms with van der Waals surface area (Å²) < 4.78 is 1.76. The molecule has 0 spiro atoms. The number of hydrogen-bond donors (Lipinski definition) is 1. The zero-order chi connectivity index (χ0) is 13.2. The highest BCUT2D eigenvalue weighted by Gasteiger charge is 2.06. The molecule has 0 fully saturated rings. The topological polar surface area (TPSA) is 63.6 Å². The minimum atomic E-state index is -0.191. The fourth-order valence-corrected chi connectivity index (χ4v) is 1.96. The second-order valence-corrected chi connectivity index (χ2v) is 4.25. The minimum Gasteiger partial charge on any atom is -0.267 e. The van der Waals surface area contributed by atoms with E-state index in [1.54, 1.807) is 16.9 Å². The summed E-state index contributed by atoms with van der Waals surface area (Å²) in [6.45, 7) is 1.84. The molecule has 0 aliphatic rings. The molecule has 0 aliphatic carbocycles. The highest BCUT2D eigenvalue weighted by atomic mass is 16.1. The van der Waals surface area contributed by atoms with Crippen LogP contribution in [0.15, 0.2) is 53.6 Å². The maximum Gasteiger partial charge on any atom is 0.272 e. The van der Waals surface area contributed by atoms with Crippen molar-refractivity contribution in [2.24, 2.45) is 0 Å². The van der Waals surface area contributed by atoms with Crippen molar-refractivity contribution in [1.82, 2.24) is 20.0 Å². The van der Waals surface area contributed by atoms with Crippen molar-refractivity contribution in [2.75, 3.05) is 0 Å². The van der Waals surface area contributed by atoms with Crippen molar-refractivity contribution in [3.8, 4) is 16.8 Å². The number of H-pyrrole nitrogens is 1. The van der Waals surface area contributed by atoms with Crippen LogP contribution >= 0.6 is 0 Å². The van der Waals surface area contributed by atoms with E-state index in [0.29, 0.717) is 5.56 Å². The predicted octanol–water partition coefficient (Wildman–Crippen LogP) is 1.93. The number of aromatic nitrogens is 4. The standard InChI is InChI=1S/C14H12N4O/c1-10-8-13(14(19)17-16-10)11-4-2-5-12(9-11)18-7-3-6-15-18/h2-9H,1H3,(H,17,19). The van der Waals surface area contributed by atoms with Crippen LogP contribution in [-0.2, 0) is 0 Å². The van der Waals surface area contributed by atoms with Gasteiger partial charge in [-0.3, -0.25) is 4.79 Å². The lowest BCUT2D eigenvalue weighted by Gasteiger charge is -2.05. The number of benzene rings is 1. The maximum atomic E-state index is 11.8. The quantitative estimate of drug-likeness (QED) is 0.758. The predicted molar refractivity (Wildman–Crippen MR) is 72.2 cm³/mol. The Kier molecular flexibility index (Phi) is 2.72. The van der Waals surface area contributed by atoms with Crippen LogP contribution in [-0.4, -0.2) is 20.0 Å². The number of rotatable bonds is 2. The van der Waals surface area contributed by atoms with E-state index in [0.717, 1.165) is 16.9 Å². The average molecular weight is 252 g/mol. The zero-order valence-electron chi connectivity index (χ0n) is 10.4. The van der Waals surface area contributed by atoms with Gasteiger partial charge in [-0.05, 0) is 36.8 Å². The minimum absolute atomic E-state index is 0.191. The summed E-state index contributed by atoms with van der Waals surface area (Å²) >= 11 is 0. The van der Waals surface area contributed by atoms with Crippen molar-refractivity contribution in [3.05, 3.63) is 64.8 Å². The molecular weight excluding hydrogens is 240 g/mol. The van der Waals surface area contributed by atoms with Crippen molar-refractivity contribution in [3.63, 3.8) is 0 Å². The lowest BCUT2D eigenvalue weighted by atomic mass is 10.1. The van der Waals surface area contributed by atoms with Crippen molar-refractivity contribution < 1.29 is 0 Å². The molecule has 0 atom stereocenters. The Hall–Kier alpha value is -2.69. The average Bonchev–Trinajstić information content (AvgIpc) is 2.96. The smallest absolute Gasteiger partial charge is 0.267 e. The molecule has 19 heavy (non-hydrogen) atoms. The summed E-state index contributed by atoms with van der Waals surface area (Å²) in [6, 6.07) is 11.3. The summed E-state index contributed by atoms with van der Waals surface area (Å²) in [6.07, 6.45) is 3.58. The maximum absolute atomic E-state index is 11.8. The van der Waals surface area contributed by atoms with E-state index in [1.807, 2.05) is 43.5 Å². The Bertz CT molecular complexity index is 759. The second-order valence-electron chi connectivity index (χ2n) is 4.25. The Morgan fingerprint density at radius 1 is 1.21 bits per heavy atom. The molecule has 0 unspecified atom stereocenters. The molecule has 0 radical (unpaired) electrons. The molecule has 1 aromatic carbocycles. The van der Waals surface area contributed by atoms with Gasteiger partial charge in [0.25, 0.3) is 5.56 Å². The number of nitrogens with zero attached hydrogens (tertiary/aromatic N) is 3. The second kappa shape index (κ2) is 4.53. The normalized spacial score (nSPS) is 10.6. The molecule has 5 heteroatoms. The van der Waals surface area contributed by atoms with Crippen molar-refractivity contribution >= 4 is 0 Å². The Balaban J connectivity index is 2.14. The van der Waals surface area contributed by atoms with Crippen LogP contribution in [0.25, 0.3) is 16.8 Å². The Morgan fingerprint density at radius 3 is 2.89 bits per heavy atom. The van der Waals surface area contributed by atoms with E-state index in [9.17, 15) is 4.79 Å². The van der Waals surface area contributed by atoms with Crippen LogP contribution in [0.3, 0.4) is 0 Å². The lowest BCUT2D eigenvalue weighted by Crippen LogP contribution is -2.11. The van der Waals surface area contributed by atoms with Gasteiger partial charge in [-0.25, -0.2) is 9.78 Å². The molecule has 0 saturated heterocycles. The molecule has 5 nitrogen and oxygen atoms in total. The molecule has 1 N–H and O–H groups in total. The summed E-state index contributed by atoms with van der Waals surface area (Å²) in [7, 11) is 0. The lowest BCUT2D eigenvalue weighted by molar-refractivity contribution is 0.880. The molecule has 0 aliphatic heterocycles. The van der Waals surface area contributed by atoms with Gasteiger partial charge in [-0.1, -0.05) is 12.1 Å². The largest absolute Gasteiger partial charge is 0.272 e. The van der Waals surface area contributed by atoms with Gasteiger partial charge >= 0.3 is 0 Å². The number of hydrogen-bond acceptors (Lipinski definition) is 3. The fraction of sp³-hybridized carbons (Fsp3) is 0.0714. The van der Waals surface area contributed by atoms with Gasteiger partial charge < -0.3 is 0 Å². The third-order valence-electron chi connectivity index (χ3n) is 2.86. The summed E-state index contributed by atoms with van der Waals surface area (Å²) in [5.41, 5.74) is 2.96. The molecular formula is C14H12N4O. The van der Waals surface area contributed by atoms with E-state index < -0.39 is 0 Å². The molecule has 0 amide bonds. The van der Waals surface area contributed by atoms with Crippen molar-refractivity contribution in [2.45, 2.75) is 6.92 Å². The van der Waals surface area contributed by atoms with Gasteiger partial charge in [0, 0.05) is 12.4 Å². The van der Waals surface area contributed by atoms with Crippen LogP contribution in [0.5, 0.6) is 0 Å². The van der Waals surface area contributed by atoms with Crippen molar-refractivity contribution in [1.29, 1.82) is 0 Å². The molecule has 94 valence electrons. The first-order valence-electron chi connectivity index (χ1n) is 5.91. The van der Waals surface area contributed by atoms with Gasteiger partial charge in [-0.2, -0.15) is 10.2 Å². The van der Waals surface area contributed by atoms with E-state index in [2.05, 4.69) is 15.3 Å². The monoisotopic (exact) mass is 252 g/mol. The Labute approximate surface area is 109 Å². The van der Waals surface area contributed by atoms with E-state index in [1.165, 1.54) is 0 Å². The summed E-state index contributed by atoms with van der Waals surface area (Å²) in [4.78, 5) is 11.8.